The van der Waals surface area contributed by atoms with E-state index in [-0.39, 0.29) is 5.91 Å². The topological polar surface area (TPSA) is 59.8 Å². The van der Waals surface area contributed by atoms with E-state index in [2.05, 4.69) is 33.6 Å². The van der Waals surface area contributed by atoms with Crippen molar-refractivity contribution >= 4 is 22.2 Å². The number of thiazole rings is 1. The minimum atomic E-state index is -0.150. The molecule has 0 radical (unpaired) electrons. The average Bonchev–Trinajstić information content (AvgIpc) is 3.16. The molecule has 2 heterocycles. The van der Waals surface area contributed by atoms with Gasteiger partial charge >= 0.3 is 0 Å². The van der Waals surface area contributed by atoms with Crippen molar-refractivity contribution in [3.8, 4) is 5.69 Å². The lowest BCUT2D eigenvalue weighted by atomic mass is 10.1. The maximum absolute atomic E-state index is 12.6. The fraction of sp³-hybridized carbons (Fsp3) is 0.278. The van der Waals surface area contributed by atoms with Crippen LogP contribution in [-0.2, 0) is 6.42 Å². The molecule has 124 valence electrons. The Balaban J connectivity index is 1.92. The Bertz CT molecular complexity index is 894. The Kier molecular flexibility index (Phi) is 4.49. The van der Waals surface area contributed by atoms with Crippen molar-refractivity contribution in [2.75, 3.05) is 5.32 Å². The molecule has 0 saturated heterocycles. The molecule has 0 atom stereocenters. The van der Waals surface area contributed by atoms with Crippen LogP contribution < -0.4 is 5.32 Å². The van der Waals surface area contributed by atoms with Crippen LogP contribution in [0.2, 0.25) is 0 Å². The summed E-state index contributed by atoms with van der Waals surface area (Å²) in [5.74, 6) is -0.150. The van der Waals surface area contributed by atoms with Gasteiger partial charge in [-0.3, -0.25) is 4.79 Å². The summed E-state index contributed by atoms with van der Waals surface area (Å²) in [5.41, 5.74) is 7.34. The zero-order valence-electron chi connectivity index (χ0n) is 14.3. The summed E-state index contributed by atoms with van der Waals surface area (Å²) >= 11 is 1.44. The fourth-order valence-electron chi connectivity index (χ4n) is 2.62. The first-order chi connectivity index (χ1) is 11.5. The Morgan fingerprint density at radius 2 is 2.08 bits per heavy atom. The third-order valence-corrected chi connectivity index (χ3v) is 4.83. The van der Waals surface area contributed by atoms with Crippen molar-refractivity contribution in [1.82, 2.24) is 14.8 Å². The molecule has 0 aliphatic heterocycles. The normalized spacial score (nSPS) is 10.8. The Morgan fingerprint density at radius 1 is 1.29 bits per heavy atom. The summed E-state index contributed by atoms with van der Waals surface area (Å²) < 4.78 is 1.82. The Hall–Kier alpha value is -2.47. The zero-order valence-corrected chi connectivity index (χ0v) is 15.1. The highest BCUT2D eigenvalue weighted by atomic mass is 32.1. The van der Waals surface area contributed by atoms with Crippen molar-refractivity contribution in [1.29, 1.82) is 0 Å². The van der Waals surface area contributed by atoms with E-state index in [0.717, 1.165) is 39.6 Å². The lowest BCUT2D eigenvalue weighted by Gasteiger charge is -2.10. The van der Waals surface area contributed by atoms with Gasteiger partial charge in [0.2, 0.25) is 0 Å². The maximum Gasteiger partial charge on any atom is 0.259 e. The third-order valence-electron chi connectivity index (χ3n) is 4.05. The van der Waals surface area contributed by atoms with Gasteiger partial charge in [-0.25, -0.2) is 9.67 Å². The predicted molar refractivity (Wildman–Crippen MR) is 97.2 cm³/mol. The van der Waals surface area contributed by atoms with Gasteiger partial charge in [-0.05, 0) is 44.4 Å². The molecular weight excluding hydrogens is 320 g/mol. The van der Waals surface area contributed by atoms with E-state index in [9.17, 15) is 4.79 Å². The summed E-state index contributed by atoms with van der Waals surface area (Å²) in [6.07, 6.45) is 2.42. The Labute approximate surface area is 145 Å². The highest BCUT2D eigenvalue weighted by molar-refractivity contribution is 7.14. The van der Waals surface area contributed by atoms with Gasteiger partial charge < -0.3 is 5.32 Å². The second kappa shape index (κ2) is 6.57. The monoisotopic (exact) mass is 340 g/mol. The van der Waals surface area contributed by atoms with Gasteiger partial charge in [0.25, 0.3) is 5.91 Å². The van der Waals surface area contributed by atoms with E-state index in [1.54, 1.807) is 11.7 Å². The van der Waals surface area contributed by atoms with Crippen molar-refractivity contribution < 1.29 is 4.79 Å². The number of carbonyl (C=O) groups is 1. The lowest BCUT2D eigenvalue weighted by molar-refractivity contribution is 0.102. The molecule has 3 rings (SSSR count). The molecule has 1 amide bonds. The van der Waals surface area contributed by atoms with Crippen LogP contribution in [0.5, 0.6) is 0 Å². The molecule has 0 spiro atoms. The minimum Gasteiger partial charge on any atom is -0.312 e. The summed E-state index contributed by atoms with van der Waals surface area (Å²) in [5, 5.41) is 8.18. The van der Waals surface area contributed by atoms with Gasteiger partial charge in [-0.15, -0.1) is 11.3 Å². The SMILES string of the molecule is CCc1ncsc1NC(=O)c1cnn(-c2cc(C)ccc2C)c1C. The number of anilines is 1. The van der Waals surface area contributed by atoms with Crippen molar-refractivity contribution in [3.63, 3.8) is 0 Å². The number of hydrogen-bond donors (Lipinski definition) is 1. The number of rotatable bonds is 4. The van der Waals surface area contributed by atoms with Gasteiger partial charge in [0.15, 0.2) is 0 Å². The predicted octanol–water partition coefficient (Wildman–Crippen LogP) is 4.07. The first-order valence-electron chi connectivity index (χ1n) is 7.87. The van der Waals surface area contributed by atoms with E-state index < -0.39 is 0 Å². The molecule has 5 nitrogen and oxygen atoms in total. The number of nitrogens with one attached hydrogen (secondary N) is 1. The van der Waals surface area contributed by atoms with Crippen LogP contribution in [0.15, 0.2) is 29.9 Å². The van der Waals surface area contributed by atoms with E-state index in [0.29, 0.717) is 5.56 Å². The number of aromatic nitrogens is 3. The summed E-state index contributed by atoms with van der Waals surface area (Å²) in [4.78, 5) is 16.9. The van der Waals surface area contributed by atoms with Crippen LogP contribution in [-0.4, -0.2) is 20.7 Å². The molecule has 6 heteroatoms. The van der Waals surface area contributed by atoms with Gasteiger partial charge in [0.05, 0.1) is 34.3 Å². The van der Waals surface area contributed by atoms with Crippen molar-refractivity contribution in [3.05, 3.63) is 58.0 Å². The molecule has 0 fully saturated rings. The van der Waals surface area contributed by atoms with E-state index in [1.165, 1.54) is 11.3 Å². The number of benzene rings is 1. The molecular formula is C18H20N4OS. The van der Waals surface area contributed by atoms with E-state index >= 15 is 0 Å². The number of aryl methyl sites for hydroxylation is 3. The van der Waals surface area contributed by atoms with Crippen LogP contribution >= 0.6 is 11.3 Å². The number of amides is 1. The molecule has 0 unspecified atom stereocenters. The molecule has 1 aromatic carbocycles. The number of hydrogen-bond acceptors (Lipinski definition) is 4. The van der Waals surface area contributed by atoms with Crippen LogP contribution in [0.3, 0.4) is 0 Å². The van der Waals surface area contributed by atoms with Gasteiger partial charge in [-0.2, -0.15) is 5.10 Å². The van der Waals surface area contributed by atoms with Crippen LogP contribution in [0, 0.1) is 20.8 Å². The summed E-state index contributed by atoms with van der Waals surface area (Å²) in [6.45, 7) is 8.03. The minimum absolute atomic E-state index is 0.150. The molecule has 1 N–H and O–H groups in total. The average molecular weight is 340 g/mol. The quantitative estimate of drug-likeness (QED) is 0.779. The fourth-order valence-corrected chi connectivity index (χ4v) is 3.39. The number of nitrogens with zero attached hydrogens (tertiary/aromatic N) is 3. The third kappa shape index (κ3) is 2.97. The molecule has 24 heavy (non-hydrogen) atoms. The highest BCUT2D eigenvalue weighted by Crippen LogP contribution is 2.23. The van der Waals surface area contributed by atoms with Gasteiger partial charge in [0, 0.05) is 0 Å². The molecule has 2 aromatic heterocycles. The summed E-state index contributed by atoms with van der Waals surface area (Å²) in [7, 11) is 0. The Morgan fingerprint density at radius 3 is 2.83 bits per heavy atom. The van der Waals surface area contributed by atoms with Gasteiger partial charge in [-0.1, -0.05) is 19.1 Å². The maximum atomic E-state index is 12.6. The van der Waals surface area contributed by atoms with Crippen LogP contribution in [0.25, 0.3) is 5.69 Å². The first-order valence-corrected chi connectivity index (χ1v) is 8.75. The molecule has 3 aromatic rings. The van der Waals surface area contributed by atoms with Crippen molar-refractivity contribution in [2.45, 2.75) is 34.1 Å². The van der Waals surface area contributed by atoms with Crippen LogP contribution in [0.4, 0.5) is 5.00 Å². The lowest BCUT2D eigenvalue weighted by Crippen LogP contribution is -2.13. The summed E-state index contributed by atoms with van der Waals surface area (Å²) in [6, 6.07) is 6.22. The smallest absolute Gasteiger partial charge is 0.259 e. The number of carbonyl (C=O) groups excluding carboxylic acids is 1. The molecule has 0 aliphatic rings. The molecule has 0 saturated carbocycles. The zero-order chi connectivity index (χ0) is 17.3. The second-order valence-electron chi connectivity index (χ2n) is 5.78. The molecule has 0 aliphatic carbocycles. The standard InChI is InChI=1S/C18H20N4OS/c1-5-15-18(24-10-19-15)21-17(23)14-9-20-22(13(14)4)16-8-11(2)6-7-12(16)3/h6-10H,5H2,1-4H3,(H,21,23). The van der Waals surface area contributed by atoms with E-state index in [4.69, 9.17) is 0 Å². The van der Waals surface area contributed by atoms with Crippen molar-refractivity contribution in [2.24, 2.45) is 0 Å². The van der Waals surface area contributed by atoms with Gasteiger partial charge in [0.1, 0.15) is 5.00 Å². The second-order valence-corrected chi connectivity index (χ2v) is 6.64. The largest absolute Gasteiger partial charge is 0.312 e. The highest BCUT2D eigenvalue weighted by Gasteiger charge is 2.18. The molecule has 0 bridgehead atoms. The van der Waals surface area contributed by atoms with E-state index in [1.807, 2.05) is 32.4 Å². The van der Waals surface area contributed by atoms with Crippen LogP contribution in [0.1, 0.15) is 39.8 Å². The first kappa shape index (κ1) is 16.4.